The van der Waals surface area contributed by atoms with Crippen LogP contribution in [0.2, 0.25) is 0 Å². The first-order valence-corrected chi connectivity index (χ1v) is 10.6. The molecule has 0 saturated heterocycles. The van der Waals surface area contributed by atoms with Gasteiger partial charge in [0.1, 0.15) is 17.0 Å². The number of methoxy groups -OCH3 is 2. The van der Waals surface area contributed by atoms with Gasteiger partial charge >= 0.3 is 11.6 Å². The fourth-order valence-corrected chi connectivity index (χ4v) is 3.19. The van der Waals surface area contributed by atoms with Crippen LogP contribution in [0.3, 0.4) is 0 Å². The predicted octanol–water partition coefficient (Wildman–Crippen LogP) is 4.16. The second-order valence-electron chi connectivity index (χ2n) is 7.12. The van der Waals surface area contributed by atoms with Crippen molar-refractivity contribution in [3.05, 3.63) is 91.5 Å². The van der Waals surface area contributed by atoms with Crippen LogP contribution in [0.15, 0.2) is 57.7 Å². The molecule has 0 aliphatic rings. The fourth-order valence-electron chi connectivity index (χ4n) is 3.19. The van der Waals surface area contributed by atoms with E-state index in [0.29, 0.717) is 5.56 Å². The second-order valence-corrected chi connectivity index (χ2v) is 7.12. The van der Waals surface area contributed by atoms with E-state index in [2.05, 4.69) is 5.32 Å². The van der Waals surface area contributed by atoms with Gasteiger partial charge < -0.3 is 23.9 Å². The molecule has 36 heavy (non-hydrogen) atoms. The van der Waals surface area contributed by atoms with Gasteiger partial charge in [-0.15, -0.1) is 0 Å². The monoisotopic (exact) mass is 494 g/mol. The average Bonchev–Trinajstić information content (AvgIpc) is 2.88. The lowest BCUT2D eigenvalue weighted by Crippen LogP contribution is -2.20. The van der Waals surface area contributed by atoms with Crippen molar-refractivity contribution in [1.29, 1.82) is 0 Å². The molecule has 0 saturated carbocycles. The number of rotatable bonds is 9. The molecule has 1 amide bonds. The Balaban J connectivity index is 2.06. The number of hydrogen-bond donors (Lipinski definition) is 1. The minimum absolute atomic E-state index is 0.0357. The van der Waals surface area contributed by atoms with Gasteiger partial charge in [0.2, 0.25) is 0 Å². The summed E-state index contributed by atoms with van der Waals surface area (Å²) in [6.07, 6.45) is 2.49. The summed E-state index contributed by atoms with van der Waals surface area (Å²) >= 11 is 0. The molecule has 1 N–H and O–H groups in total. The van der Waals surface area contributed by atoms with E-state index in [1.807, 2.05) is 0 Å². The molecule has 0 atom stereocenters. The van der Waals surface area contributed by atoms with Crippen molar-refractivity contribution in [2.24, 2.45) is 0 Å². The first-order valence-electron chi connectivity index (χ1n) is 10.6. The van der Waals surface area contributed by atoms with Gasteiger partial charge in [-0.25, -0.2) is 9.59 Å². The van der Waals surface area contributed by atoms with Gasteiger partial charge in [0.25, 0.3) is 11.6 Å². The molecule has 0 aliphatic heterocycles. The second kappa shape index (κ2) is 11.5. The lowest BCUT2D eigenvalue weighted by atomic mass is 10.1. The summed E-state index contributed by atoms with van der Waals surface area (Å²) in [6, 6.07) is 11.8. The maximum atomic E-state index is 12.6. The Morgan fingerprint density at radius 3 is 2.33 bits per heavy atom. The Kier molecular flexibility index (Phi) is 8.18. The molecular weight excluding hydrogens is 472 g/mol. The third-order valence-electron chi connectivity index (χ3n) is 4.90. The van der Waals surface area contributed by atoms with Gasteiger partial charge in [0.05, 0.1) is 37.4 Å². The van der Waals surface area contributed by atoms with Crippen LogP contribution < -0.4 is 20.4 Å². The minimum Gasteiger partial charge on any atom is -0.493 e. The number of esters is 1. The summed E-state index contributed by atoms with van der Waals surface area (Å²) in [5.74, 6) is -1.24. The molecule has 0 unspecified atom stereocenters. The molecule has 2 aromatic carbocycles. The van der Waals surface area contributed by atoms with Crippen LogP contribution in [0.4, 0.5) is 11.4 Å². The standard InChI is InChI=1S/C25H22N2O9/c1-4-35-24(29)17-13-18(26-23(28)15-8-6-5-7-9-15)25(30)36-20(17)11-10-16-12-21(33-2)22(34-3)14-19(16)27(31)32/h5-14H,4H2,1-3H3,(H,26,28)/b11-10-. The molecule has 0 aliphatic carbocycles. The number of nitrogens with one attached hydrogen (secondary N) is 1. The maximum Gasteiger partial charge on any atom is 0.360 e. The lowest BCUT2D eigenvalue weighted by molar-refractivity contribution is -0.385. The molecule has 3 rings (SSSR count). The third kappa shape index (κ3) is 5.76. The van der Waals surface area contributed by atoms with Crippen molar-refractivity contribution < 1.29 is 33.1 Å². The number of nitrogens with zero attached hydrogens (tertiary/aromatic N) is 1. The predicted molar refractivity (Wildman–Crippen MR) is 130 cm³/mol. The van der Waals surface area contributed by atoms with E-state index in [-0.39, 0.29) is 46.4 Å². The van der Waals surface area contributed by atoms with Crippen LogP contribution in [0.5, 0.6) is 11.5 Å². The SMILES string of the molecule is CCOC(=O)c1cc(NC(=O)c2ccccc2)c(=O)oc1/C=C\c1cc(OC)c(OC)cc1[N+](=O)[O-]. The number of carbonyl (C=O) groups excluding carboxylic acids is 2. The van der Waals surface area contributed by atoms with Crippen molar-refractivity contribution in [2.45, 2.75) is 6.92 Å². The first-order chi connectivity index (χ1) is 17.3. The van der Waals surface area contributed by atoms with Crippen LogP contribution in [0.1, 0.15) is 39.0 Å². The number of nitro benzene ring substituents is 1. The number of anilines is 1. The Hall–Kier alpha value is -4.93. The van der Waals surface area contributed by atoms with Crippen LogP contribution in [0, 0.1) is 10.1 Å². The minimum atomic E-state index is -0.936. The summed E-state index contributed by atoms with van der Waals surface area (Å²) < 4.78 is 20.6. The van der Waals surface area contributed by atoms with Crippen molar-refractivity contribution in [3.63, 3.8) is 0 Å². The van der Waals surface area contributed by atoms with Crippen molar-refractivity contribution in [1.82, 2.24) is 0 Å². The number of carbonyl (C=O) groups is 2. The molecule has 0 radical (unpaired) electrons. The van der Waals surface area contributed by atoms with Crippen LogP contribution in [-0.4, -0.2) is 37.6 Å². The molecule has 0 bridgehead atoms. The fraction of sp³-hybridized carbons (Fsp3) is 0.160. The van der Waals surface area contributed by atoms with E-state index in [9.17, 15) is 24.5 Å². The van der Waals surface area contributed by atoms with Gasteiger partial charge in [-0.05, 0) is 43.3 Å². The number of hydrogen-bond acceptors (Lipinski definition) is 9. The van der Waals surface area contributed by atoms with Crippen LogP contribution >= 0.6 is 0 Å². The molecule has 0 fully saturated rings. The molecule has 0 spiro atoms. The number of nitro groups is 1. The Morgan fingerprint density at radius 1 is 1.06 bits per heavy atom. The zero-order valence-corrected chi connectivity index (χ0v) is 19.6. The van der Waals surface area contributed by atoms with Crippen molar-refractivity contribution in [3.8, 4) is 11.5 Å². The van der Waals surface area contributed by atoms with E-state index in [1.54, 1.807) is 37.3 Å². The highest BCUT2D eigenvalue weighted by molar-refractivity contribution is 6.05. The van der Waals surface area contributed by atoms with E-state index >= 15 is 0 Å². The highest BCUT2D eigenvalue weighted by Gasteiger charge is 2.21. The van der Waals surface area contributed by atoms with Gasteiger partial charge in [0.15, 0.2) is 11.5 Å². The topological polar surface area (TPSA) is 147 Å². The number of amides is 1. The molecule has 1 aromatic heterocycles. The summed E-state index contributed by atoms with van der Waals surface area (Å²) in [4.78, 5) is 48.6. The highest BCUT2D eigenvalue weighted by atomic mass is 16.6. The summed E-state index contributed by atoms with van der Waals surface area (Å²) in [6.45, 7) is 1.63. The van der Waals surface area contributed by atoms with Crippen molar-refractivity contribution >= 4 is 35.4 Å². The van der Waals surface area contributed by atoms with E-state index in [1.165, 1.54) is 38.5 Å². The first kappa shape index (κ1) is 25.7. The van der Waals surface area contributed by atoms with E-state index in [0.717, 1.165) is 6.07 Å². The summed E-state index contributed by atoms with van der Waals surface area (Å²) in [7, 11) is 2.72. The average molecular weight is 494 g/mol. The largest absolute Gasteiger partial charge is 0.493 e. The van der Waals surface area contributed by atoms with Crippen LogP contribution in [0.25, 0.3) is 12.2 Å². The number of ether oxygens (including phenoxy) is 3. The van der Waals surface area contributed by atoms with Crippen molar-refractivity contribution in [2.75, 3.05) is 26.1 Å². The lowest BCUT2D eigenvalue weighted by Gasteiger charge is -2.10. The molecule has 3 aromatic rings. The third-order valence-corrected chi connectivity index (χ3v) is 4.90. The normalized spacial score (nSPS) is 10.6. The van der Waals surface area contributed by atoms with E-state index in [4.69, 9.17) is 18.6 Å². The Bertz CT molecular complexity index is 1380. The Labute approximate surface area is 205 Å². The smallest absolute Gasteiger partial charge is 0.360 e. The maximum absolute atomic E-state index is 12.6. The molecule has 186 valence electrons. The van der Waals surface area contributed by atoms with Gasteiger partial charge in [-0.1, -0.05) is 18.2 Å². The molecular formula is C25H22N2O9. The molecule has 11 nitrogen and oxygen atoms in total. The van der Waals surface area contributed by atoms with Gasteiger partial charge in [-0.3, -0.25) is 14.9 Å². The number of benzene rings is 2. The van der Waals surface area contributed by atoms with Gasteiger partial charge in [0, 0.05) is 5.56 Å². The summed E-state index contributed by atoms with van der Waals surface area (Å²) in [5, 5.41) is 14.0. The van der Waals surface area contributed by atoms with E-state index < -0.39 is 22.4 Å². The zero-order valence-electron chi connectivity index (χ0n) is 19.6. The summed E-state index contributed by atoms with van der Waals surface area (Å²) in [5.41, 5.74) is -1.30. The zero-order chi connectivity index (χ0) is 26.2. The molecule has 11 heteroatoms. The van der Waals surface area contributed by atoms with Crippen LogP contribution in [-0.2, 0) is 4.74 Å². The Morgan fingerprint density at radius 2 is 1.72 bits per heavy atom. The molecule has 1 heterocycles. The van der Waals surface area contributed by atoms with Gasteiger partial charge in [-0.2, -0.15) is 0 Å². The highest BCUT2D eigenvalue weighted by Crippen LogP contribution is 2.35. The quantitative estimate of drug-likeness (QED) is 0.263.